The molecule has 1 aromatic heterocycles. The van der Waals surface area contributed by atoms with E-state index in [9.17, 15) is 13.2 Å². The van der Waals surface area contributed by atoms with Gasteiger partial charge in [-0.05, 0) is 37.9 Å². The van der Waals surface area contributed by atoms with E-state index >= 15 is 0 Å². The summed E-state index contributed by atoms with van der Waals surface area (Å²) in [5.41, 5.74) is 0. The molecule has 1 heterocycles. The maximum absolute atomic E-state index is 12.5. The topological polar surface area (TPSA) is 12.0 Å². The summed E-state index contributed by atoms with van der Waals surface area (Å²) in [5, 5.41) is 2.99. The van der Waals surface area contributed by atoms with E-state index in [0.717, 1.165) is 17.7 Å². The van der Waals surface area contributed by atoms with E-state index in [2.05, 4.69) is 12.2 Å². The summed E-state index contributed by atoms with van der Waals surface area (Å²) >= 11 is 1.61. The van der Waals surface area contributed by atoms with Crippen LogP contribution in [0.2, 0.25) is 0 Å². The fourth-order valence-electron chi connectivity index (χ4n) is 1.81. The van der Waals surface area contributed by atoms with Crippen molar-refractivity contribution in [3.63, 3.8) is 0 Å². The SMILES string of the molecule is CCCNC(Cc1ccc(CC)s1)CC(F)(F)F. The van der Waals surface area contributed by atoms with Crippen molar-refractivity contribution >= 4 is 11.3 Å². The Labute approximate surface area is 110 Å². The van der Waals surface area contributed by atoms with Crippen LogP contribution in [-0.4, -0.2) is 18.8 Å². The van der Waals surface area contributed by atoms with Gasteiger partial charge in [-0.3, -0.25) is 0 Å². The van der Waals surface area contributed by atoms with Crippen molar-refractivity contribution in [3.05, 3.63) is 21.9 Å². The number of nitrogens with one attached hydrogen (secondary N) is 1. The van der Waals surface area contributed by atoms with E-state index in [-0.39, 0.29) is 0 Å². The van der Waals surface area contributed by atoms with Gasteiger partial charge in [-0.25, -0.2) is 0 Å². The lowest BCUT2D eigenvalue weighted by Crippen LogP contribution is -2.35. The third-order valence-corrected chi connectivity index (χ3v) is 3.93. The number of halogens is 3. The highest BCUT2D eigenvalue weighted by molar-refractivity contribution is 7.11. The van der Waals surface area contributed by atoms with Crippen molar-refractivity contribution in [1.29, 1.82) is 0 Å². The molecule has 5 heteroatoms. The predicted molar refractivity (Wildman–Crippen MR) is 70.2 cm³/mol. The zero-order chi connectivity index (χ0) is 13.6. The maximum Gasteiger partial charge on any atom is 0.390 e. The molecule has 1 rings (SSSR count). The van der Waals surface area contributed by atoms with Crippen molar-refractivity contribution in [2.75, 3.05) is 6.54 Å². The number of thiophene rings is 1. The molecule has 0 bridgehead atoms. The molecular weight excluding hydrogens is 259 g/mol. The molecule has 0 radical (unpaired) electrons. The third kappa shape index (κ3) is 5.87. The molecular formula is C13H20F3NS. The molecule has 0 amide bonds. The Morgan fingerprint density at radius 2 is 1.89 bits per heavy atom. The fraction of sp³-hybridized carbons (Fsp3) is 0.692. The van der Waals surface area contributed by atoms with Gasteiger partial charge >= 0.3 is 6.18 Å². The van der Waals surface area contributed by atoms with Gasteiger partial charge in [0.1, 0.15) is 0 Å². The summed E-state index contributed by atoms with van der Waals surface area (Å²) < 4.78 is 37.4. The summed E-state index contributed by atoms with van der Waals surface area (Å²) in [6.07, 6.45) is -2.61. The minimum atomic E-state index is -4.10. The lowest BCUT2D eigenvalue weighted by molar-refractivity contribution is -0.139. The number of hydrogen-bond acceptors (Lipinski definition) is 2. The van der Waals surface area contributed by atoms with Crippen LogP contribution < -0.4 is 5.32 Å². The largest absolute Gasteiger partial charge is 0.390 e. The molecule has 1 aromatic rings. The van der Waals surface area contributed by atoms with Gasteiger partial charge in [0.05, 0.1) is 6.42 Å². The molecule has 0 aromatic carbocycles. The fourth-order valence-corrected chi connectivity index (χ4v) is 2.85. The lowest BCUT2D eigenvalue weighted by Gasteiger charge is -2.19. The van der Waals surface area contributed by atoms with Gasteiger partial charge in [-0.1, -0.05) is 13.8 Å². The van der Waals surface area contributed by atoms with Crippen LogP contribution in [0.5, 0.6) is 0 Å². The molecule has 104 valence electrons. The highest BCUT2D eigenvalue weighted by atomic mass is 32.1. The first kappa shape index (κ1) is 15.5. The zero-order valence-electron chi connectivity index (χ0n) is 10.8. The molecule has 0 spiro atoms. The smallest absolute Gasteiger partial charge is 0.313 e. The van der Waals surface area contributed by atoms with Crippen molar-refractivity contribution in [1.82, 2.24) is 5.32 Å². The van der Waals surface area contributed by atoms with Gasteiger partial charge in [0.25, 0.3) is 0 Å². The Morgan fingerprint density at radius 3 is 2.39 bits per heavy atom. The molecule has 1 unspecified atom stereocenters. The van der Waals surface area contributed by atoms with E-state index in [4.69, 9.17) is 0 Å². The summed E-state index contributed by atoms with van der Waals surface area (Å²) in [5.74, 6) is 0. The van der Waals surface area contributed by atoms with Crippen LogP contribution in [0.3, 0.4) is 0 Å². The molecule has 0 saturated heterocycles. The third-order valence-electron chi connectivity index (χ3n) is 2.67. The molecule has 0 fully saturated rings. The second-order valence-electron chi connectivity index (χ2n) is 4.40. The molecule has 0 aliphatic carbocycles. The average molecular weight is 279 g/mol. The second-order valence-corrected chi connectivity index (χ2v) is 5.65. The normalized spacial score (nSPS) is 13.8. The summed E-state index contributed by atoms with van der Waals surface area (Å²) in [7, 11) is 0. The van der Waals surface area contributed by atoms with Crippen LogP contribution >= 0.6 is 11.3 Å². The van der Waals surface area contributed by atoms with Crippen LogP contribution in [0, 0.1) is 0 Å². The van der Waals surface area contributed by atoms with Crippen molar-refractivity contribution in [2.45, 2.75) is 51.7 Å². The standard InChI is InChI=1S/C13H20F3NS/c1-3-7-17-10(9-13(14,15)16)8-12-6-5-11(4-2)18-12/h5-6,10,17H,3-4,7-9H2,1-2H3. The van der Waals surface area contributed by atoms with E-state index in [1.807, 2.05) is 19.1 Å². The zero-order valence-corrected chi connectivity index (χ0v) is 11.6. The van der Waals surface area contributed by atoms with Crippen LogP contribution in [0.15, 0.2) is 12.1 Å². The minimum absolute atomic E-state index is 0.462. The highest BCUT2D eigenvalue weighted by Crippen LogP contribution is 2.25. The molecule has 0 aliphatic heterocycles. The maximum atomic E-state index is 12.5. The quantitative estimate of drug-likeness (QED) is 0.789. The van der Waals surface area contributed by atoms with Gasteiger partial charge in [-0.2, -0.15) is 13.2 Å². The average Bonchev–Trinajstić information content (AvgIpc) is 2.71. The molecule has 18 heavy (non-hydrogen) atoms. The number of rotatable bonds is 7. The lowest BCUT2D eigenvalue weighted by atomic mass is 10.1. The van der Waals surface area contributed by atoms with Crippen LogP contribution in [0.4, 0.5) is 13.2 Å². The van der Waals surface area contributed by atoms with E-state index in [1.165, 1.54) is 4.88 Å². The Balaban J connectivity index is 2.59. The van der Waals surface area contributed by atoms with Crippen molar-refractivity contribution in [2.24, 2.45) is 0 Å². The Kier molecular flexibility index (Phi) is 6.15. The molecule has 1 nitrogen and oxygen atoms in total. The van der Waals surface area contributed by atoms with Crippen molar-refractivity contribution < 1.29 is 13.2 Å². The first-order valence-corrected chi connectivity index (χ1v) is 7.14. The van der Waals surface area contributed by atoms with Crippen LogP contribution in [0.1, 0.15) is 36.4 Å². The number of aryl methyl sites for hydroxylation is 1. The monoisotopic (exact) mass is 279 g/mol. The second kappa shape index (κ2) is 7.14. The van der Waals surface area contributed by atoms with Gasteiger partial charge in [-0.15, -0.1) is 11.3 Å². The Morgan fingerprint density at radius 1 is 1.22 bits per heavy atom. The summed E-state index contributed by atoms with van der Waals surface area (Å²) in [6, 6.07) is 3.44. The minimum Gasteiger partial charge on any atom is -0.313 e. The molecule has 0 aliphatic rings. The first-order valence-electron chi connectivity index (χ1n) is 6.32. The predicted octanol–water partition coefficient (Wildman–Crippen LogP) is 4.17. The summed E-state index contributed by atoms with van der Waals surface area (Å²) in [6.45, 7) is 4.64. The van der Waals surface area contributed by atoms with Gasteiger partial charge in [0.2, 0.25) is 0 Å². The highest BCUT2D eigenvalue weighted by Gasteiger charge is 2.31. The number of alkyl halides is 3. The molecule has 0 saturated carbocycles. The Bertz CT molecular complexity index is 346. The van der Waals surface area contributed by atoms with Crippen molar-refractivity contribution in [3.8, 4) is 0 Å². The van der Waals surface area contributed by atoms with Crippen LogP contribution in [0.25, 0.3) is 0 Å². The van der Waals surface area contributed by atoms with E-state index in [0.29, 0.717) is 13.0 Å². The van der Waals surface area contributed by atoms with Gasteiger partial charge in [0, 0.05) is 15.8 Å². The Hall–Kier alpha value is -0.550. The summed E-state index contributed by atoms with van der Waals surface area (Å²) in [4.78, 5) is 2.26. The molecule has 1 atom stereocenters. The first-order chi connectivity index (χ1) is 8.44. The van der Waals surface area contributed by atoms with Crippen LogP contribution in [-0.2, 0) is 12.8 Å². The van der Waals surface area contributed by atoms with E-state index < -0.39 is 18.6 Å². The van der Waals surface area contributed by atoms with Gasteiger partial charge < -0.3 is 5.32 Å². The van der Waals surface area contributed by atoms with E-state index in [1.54, 1.807) is 11.3 Å². The molecule has 1 N–H and O–H groups in total. The number of hydrogen-bond donors (Lipinski definition) is 1. The van der Waals surface area contributed by atoms with Gasteiger partial charge in [0.15, 0.2) is 0 Å².